The third-order valence-corrected chi connectivity index (χ3v) is 8.77. The molecule has 236 valence electrons. The van der Waals surface area contributed by atoms with Crippen LogP contribution in [-0.2, 0) is 17.5 Å². The molecule has 0 bridgehead atoms. The van der Waals surface area contributed by atoms with Gasteiger partial charge in [-0.25, -0.2) is 8.60 Å². The highest BCUT2D eigenvalue weighted by molar-refractivity contribution is 7.86. The number of halogens is 2. The summed E-state index contributed by atoms with van der Waals surface area (Å²) in [6.07, 6.45) is 2.74. The third-order valence-electron chi connectivity index (χ3n) is 7.08. The van der Waals surface area contributed by atoms with E-state index in [0.29, 0.717) is 60.4 Å². The van der Waals surface area contributed by atoms with Crippen molar-refractivity contribution < 1.29 is 27.7 Å². The number of anilines is 1. The van der Waals surface area contributed by atoms with Crippen LogP contribution in [0.3, 0.4) is 0 Å². The van der Waals surface area contributed by atoms with Crippen LogP contribution in [0.5, 0.6) is 17.2 Å². The Morgan fingerprint density at radius 2 is 1.72 bits per heavy atom. The Morgan fingerprint density at radius 3 is 2.39 bits per heavy atom. The van der Waals surface area contributed by atoms with Crippen LogP contribution in [-0.4, -0.2) is 33.7 Å². The van der Waals surface area contributed by atoms with Crippen LogP contribution < -0.4 is 13.8 Å². The maximum Gasteiger partial charge on any atom is 0.184 e. The number of fused-ring (bicyclic) bond motifs is 1. The van der Waals surface area contributed by atoms with Crippen molar-refractivity contribution in [1.29, 1.82) is 0 Å². The van der Waals surface area contributed by atoms with E-state index in [1.807, 2.05) is 38.1 Å². The van der Waals surface area contributed by atoms with E-state index in [1.54, 1.807) is 59.9 Å². The summed E-state index contributed by atoms with van der Waals surface area (Å²) in [7, 11) is 1.37. The van der Waals surface area contributed by atoms with E-state index in [4.69, 9.17) is 25.6 Å². The van der Waals surface area contributed by atoms with Gasteiger partial charge in [-0.2, -0.15) is 0 Å². The minimum atomic E-state index is -1.74. The Hall–Kier alpha value is -4.93. The predicted molar refractivity (Wildman–Crippen MR) is 179 cm³/mol. The standard InChI is InChI=1S/C33H25ClFN3O5S.C2H6/c1-41-23-8-6-20(7-9-23)19-38(32-12-13-43-37-32)44(40)24-10-11-25-27(15-24)30(39)18-36-33(25)28-16-29(34)26(17-31(28)42-2)21-4-3-5-22(35)14-21;1-2/h3-18,39H,19H2,1-2H3;1-2H3. The number of rotatable bonds is 9. The van der Waals surface area contributed by atoms with Crippen LogP contribution in [0.4, 0.5) is 10.2 Å². The zero-order valence-corrected chi connectivity index (χ0v) is 27.1. The fourth-order valence-electron chi connectivity index (χ4n) is 4.90. The second-order valence-corrected chi connectivity index (χ2v) is 11.6. The second kappa shape index (κ2) is 14.4. The average molecular weight is 660 g/mol. The van der Waals surface area contributed by atoms with Crippen LogP contribution in [0.25, 0.3) is 33.2 Å². The van der Waals surface area contributed by atoms with E-state index in [0.717, 1.165) is 5.56 Å². The molecule has 1 N–H and O–H groups in total. The number of hydrogen-bond acceptors (Lipinski definition) is 7. The summed E-state index contributed by atoms with van der Waals surface area (Å²) in [5.74, 6) is 1.08. The van der Waals surface area contributed by atoms with Gasteiger partial charge in [0.1, 0.15) is 29.3 Å². The van der Waals surface area contributed by atoms with E-state index in [-0.39, 0.29) is 18.1 Å². The zero-order valence-electron chi connectivity index (χ0n) is 25.5. The third kappa shape index (κ3) is 6.68. The van der Waals surface area contributed by atoms with E-state index >= 15 is 0 Å². The highest BCUT2D eigenvalue weighted by atomic mass is 35.5. The first kappa shape index (κ1) is 32.5. The number of ether oxygens (including phenoxy) is 2. The quantitative estimate of drug-likeness (QED) is 0.166. The molecule has 2 heterocycles. The number of aromatic hydroxyl groups is 1. The van der Waals surface area contributed by atoms with Gasteiger partial charge < -0.3 is 19.1 Å². The summed E-state index contributed by atoms with van der Waals surface area (Å²) in [5.41, 5.74) is 3.13. The molecule has 11 heteroatoms. The molecule has 1 unspecified atom stereocenters. The number of pyridine rings is 1. The van der Waals surface area contributed by atoms with Crippen molar-refractivity contribution in [2.45, 2.75) is 25.3 Å². The fraction of sp³-hybridized carbons (Fsp3) is 0.143. The van der Waals surface area contributed by atoms with Gasteiger partial charge in [0.2, 0.25) is 0 Å². The first-order valence-corrected chi connectivity index (χ1v) is 15.8. The van der Waals surface area contributed by atoms with Gasteiger partial charge in [0.05, 0.1) is 37.6 Å². The minimum absolute atomic E-state index is 0.0906. The highest BCUT2D eigenvalue weighted by Gasteiger charge is 2.22. The first-order valence-electron chi connectivity index (χ1n) is 14.3. The molecule has 4 aromatic carbocycles. The largest absolute Gasteiger partial charge is 0.506 e. The lowest BCUT2D eigenvalue weighted by molar-refractivity contribution is 0.414. The van der Waals surface area contributed by atoms with Crippen molar-refractivity contribution in [3.63, 3.8) is 0 Å². The van der Waals surface area contributed by atoms with Gasteiger partial charge >= 0.3 is 0 Å². The molecular formula is C35H31ClFN3O5S. The van der Waals surface area contributed by atoms with Crippen LogP contribution in [0, 0.1) is 5.82 Å². The van der Waals surface area contributed by atoms with E-state index in [2.05, 4.69) is 10.1 Å². The summed E-state index contributed by atoms with van der Waals surface area (Å²) < 4.78 is 45.5. The molecule has 0 fully saturated rings. The molecule has 2 aromatic heterocycles. The lowest BCUT2D eigenvalue weighted by Gasteiger charge is -2.21. The maximum atomic E-state index is 14.0. The van der Waals surface area contributed by atoms with Gasteiger partial charge in [0.25, 0.3) is 0 Å². The number of benzene rings is 4. The molecule has 0 aliphatic carbocycles. The van der Waals surface area contributed by atoms with E-state index in [1.165, 1.54) is 31.7 Å². The molecule has 46 heavy (non-hydrogen) atoms. The Kier molecular flexibility index (Phi) is 10.2. The number of aromatic nitrogens is 2. The monoisotopic (exact) mass is 659 g/mol. The number of methoxy groups -OCH3 is 2. The SMILES string of the molecule is CC.COc1ccc(CN(c2ccon2)S(=O)c2ccc3c(-c4cc(Cl)c(-c5cccc(F)c5)cc4OC)ncc(O)c3c2)cc1. The lowest BCUT2D eigenvalue weighted by Crippen LogP contribution is -2.25. The van der Waals surface area contributed by atoms with Crippen molar-refractivity contribution in [1.82, 2.24) is 10.1 Å². The smallest absolute Gasteiger partial charge is 0.184 e. The fourth-order valence-corrected chi connectivity index (χ4v) is 6.36. The van der Waals surface area contributed by atoms with Crippen LogP contribution >= 0.6 is 11.6 Å². The van der Waals surface area contributed by atoms with Gasteiger partial charge in [-0.1, -0.05) is 60.9 Å². The van der Waals surface area contributed by atoms with E-state index in [9.17, 15) is 13.7 Å². The molecule has 0 aliphatic rings. The summed E-state index contributed by atoms with van der Waals surface area (Å²) in [6.45, 7) is 4.27. The van der Waals surface area contributed by atoms with Crippen molar-refractivity contribution in [2.75, 3.05) is 18.5 Å². The molecule has 1 atom stereocenters. The molecule has 0 spiro atoms. The van der Waals surface area contributed by atoms with Crippen LogP contribution in [0.2, 0.25) is 5.02 Å². The van der Waals surface area contributed by atoms with Gasteiger partial charge in [-0.3, -0.25) is 9.29 Å². The summed E-state index contributed by atoms with van der Waals surface area (Å²) in [5, 5.41) is 16.2. The van der Waals surface area contributed by atoms with Gasteiger partial charge in [0, 0.05) is 33.0 Å². The van der Waals surface area contributed by atoms with Gasteiger partial charge in [0.15, 0.2) is 16.8 Å². The molecule has 8 nitrogen and oxygen atoms in total. The lowest BCUT2D eigenvalue weighted by atomic mass is 9.98. The summed E-state index contributed by atoms with van der Waals surface area (Å²) in [6, 6.07) is 23.7. The van der Waals surface area contributed by atoms with Crippen LogP contribution in [0.1, 0.15) is 19.4 Å². The Morgan fingerprint density at radius 1 is 0.935 bits per heavy atom. The van der Waals surface area contributed by atoms with Gasteiger partial charge in [-0.15, -0.1) is 0 Å². The molecule has 0 radical (unpaired) electrons. The van der Waals surface area contributed by atoms with E-state index < -0.39 is 11.0 Å². The summed E-state index contributed by atoms with van der Waals surface area (Å²) in [4.78, 5) is 4.92. The Labute approximate surface area is 273 Å². The van der Waals surface area contributed by atoms with Crippen molar-refractivity contribution in [3.05, 3.63) is 114 Å². The Balaban J connectivity index is 0.00000204. The highest BCUT2D eigenvalue weighted by Crippen LogP contribution is 2.42. The average Bonchev–Trinajstić information content (AvgIpc) is 3.63. The maximum absolute atomic E-state index is 14.0. The molecular weight excluding hydrogens is 629 g/mol. The van der Waals surface area contributed by atoms with Gasteiger partial charge in [-0.05, 0) is 59.7 Å². The summed E-state index contributed by atoms with van der Waals surface area (Å²) >= 11 is 6.69. The minimum Gasteiger partial charge on any atom is -0.506 e. The normalized spacial score (nSPS) is 11.4. The molecule has 0 aliphatic heterocycles. The topological polar surface area (TPSA) is 97.9 Å². The predicted octanol–water partition coefficient (Wildman–Crippen LogP) is 8.83. The first-order chi connectivity index (χ1) is 22.4. The number of nitrogens with zero attached hydrogens (tertiary/aromatic N) is 3. The Bertz CT molecular complexity index is 1990. The molecule has 0 saturated carbocycles. The number of hydrogen-bond donors (Lipinski definition) is 1. The van der Waals surface area contributed by atoms with Crippen molar-refractivity contribution in [3.8, 4) is 39.6 Å². The molecule has 6 aromatic rings. The molecule has 0 saturated heterocycles. The zero-order chi connectivity index (χ0) is 32.8. The second-order valence-electron chi connectivity index (χ2n) is 9.73. The van der Waals surface area contributed by atoms with Crippen LogP contribution in [0.15, 0.2) is 107 Å². The van der Waals surface area contributed by atoms with Crippen molar-refractivity contribution in [2.24, 2.45) is 0 Å². The molecule has 6 rings (SSSR count). The van der Waals surface area contributed by atoms with Crippen molar-refractivity contribution >= 4 is 39.2 Å². The molecule has 0 amide bonds.